The van der Waals surface area contributed by atoms with Gasteiger partial charge in [0, 0.05) is 32.0 Å². The predicted molar refractivity (Wildman–Crippen MR) is 138 cm³/mol. The van der Waals surface area contributed by atoms with Crippen LogP contribution in [0.5, 0.6) is 5.88 Å². The molecule has 0 bridgehead atoms. The van der Waals surface area contributed by atoms with E-state index < -0.39 is 40.4 Å². The Labute approximate surface area is 250 Å². The molecule has 2 atom stereocenters. The van der Waals surface area contributed by atoms with E-state index in [1.54, 1.807) is 30.5 Å². The molecule has 19 heteroatoms. The molecule has 45 heavy (non-hydrogen) atoms. The Balaban J connectivity index is 0.000000331. The molecule has 2 aromatic heterocycles. The summed E-state index contributed by atoms with van der Waals surface area (Å²) < 4.78 is 112. The molecule has 0 saturated carbocycles. The maximum atomic E-state index is 13.6. The van der Waals surface area contributed by atoms with Crippen LogP contribution in [0.15, 0.2) is 71.9 Å². The molecule has 11 nitrogen and oxygen atoms in total. The molecular weight excluding hydrogens is 645 g/mol. The highest BCUT2D eigenvalue weighted by molar-refractivity contribution is 7.89. The number of carboxylic acids is 2. The summed E-state index contributed by atoms with van der Waals surface area (Å²) in [6.45, 7) is 1.74. The van der Waals surface area contributed by atoms with Gasteiger partial charge in [-0.05, 0) is 42.0 Å². The van der Waals surface area contributed by atoms with Crippen molar-refractivity contribution in [1.29, 1.82) is 0 Å². The zero-order valence-corrected chi connectivity index (χ0v) is 23.4. The molecule has 2 N–H and O–H groups in total. The van der Waals surface area contributed by atoms with Crippen molar-refractivity contribution in [2.24, 2.45) is 0 Å². The Hall–Kier alpha value is -4.36. The van der Waals surface area contributed by atoms with E-state index in [9.17, 15) is 39.2 Å². The summed E-state index contributed by atoms with van der Waals surface area (Å²) in [5.41, 5.74) is 1.62. The summed E-state index contributed by atoms with van der Waals surface area (Å²) in [4.78, 5) is 28.5. The van der Waals surface area contributed by atoms with E-state index in [0.29, 0.717) is 25.3 Å². The van der Waals surface area contributed by atoms with Gasteiger partial charge in [0.2, 0.25) is 15.9 Å². The fourth-order valence-corrected chi connectivity index (χ4v) is 5.85. The number of nitrogens with zero attached hydrogens (tertiary/aromatic N) is 4. The van der Waals surface area contributed by atoms with Gasteiger partial charge in [0.1, 0.15) is 16.8 Å². The van der Waals surface area contributed by atoms with Crippen LogP contribution in [-0.2, 0) is 32.7 Å². The first-order valence-corrected chi connectivity index (χ1v) is 13.9. The number of benzene rings is 1. The number of carboxylic acid groups (broad SMARTS) is 2. The maximum absolute atomic E-state index is 13.6. The predicted octanol–water partition coefficient (Wildman–Crippen LogP) is 3.72. The molecule has 0 amide bonds. The van der Waals surface area contributed by atoms with Crippen LogP contribution in [0.4, 0.5) is 30.7 Å². The van der Waals surface area contributed by atoms with Crippen LogP contribution in [0.1, 0.15) is 11.3 Å². The van der Waals surface area contributed by atoms with Gasteiger partial charge < -0.3 is 14.9 Å². The van der Waals surface area contributed by atoms with E-state index in [-0.39, 0.29) is 29.2 Å². The summed E-state index contributed by atoms with van der Waals surface area (Å²) in [7, 11) is -3.84. The van der Waals surface area contributed by atoms with Crippen LogP contribution in [0.25, 0.3) is 0 Å². The topological polar surface area (TPSA) is 150 Å². The standard InChI is InChI=1S/C22H21FN4O3S.2C2HF3O2/c23-17-8-6-16(7-9-17)12-26-14-19-20(15-26)30-22-21(5-3-11-25-22)31(28,29)27(19)13-18-4-1-2-10-24-18;2*3-2(4,5)1(6)7/h1-11,19-20H,12-15H2;2*(H,6,7). The van der Waals surface area contributed by atoms with Crippen LogP contribution in [0.3, 0.4) is 0 Å². The van der Waals surface area contributed by atoms with E-state index in [1.165, 1.54) is 28.7 Å². The van der Waals surface area contributed by atoms with Gasteiger partial charge in [0.25, 0.3) is 0 Å². The van der Waals surface area contributed by atoms with Gasteiger partial charge in [-0.25, -0.2) is 27.4 Å². The minimum atomic E-state index is -5.08. The first-order valence-electron chi connectivity index (χ1n) is 12.5. The smallest absolute Gasteiger partial charge is 0.475 e. The number of carbonyl (C=O) groups is 2. The largest absolute Gasteiger partial charge is 0.490 e. The van der Waals surface area contributed by atoms with E-state index in [1.807, 2.05) is 12.1 Å². The van der Waals surface area contributed by atoms with Gasteiger partial charge >= 0.3 is 24.3 Å². The quantitative estimate of drug-likeness (QED) is 0.394. The van der Waals surface area contributed by atoms with Crippen molar-refractivity contribution in [3.05, 3.63) is 84.1 Å². The van der Waals surface area contributed by atoms with Crippen molar-refractivity contribution in [2.75, 3.05) is 13.1 Å². The second-order valence-electron chi connectivity index (χ2n) is 9.33. The summed E-state index contributed by atoms with van der Waals surface area (Å²) in [5.74, 6) is -5.67. The zero-order valence-electron chi connectivity index (χ0n) is 22.6. The molecule has 0 spiro atoms. The number of sulfonamides is 1. The molecule has 5 rings (SSSR count). The van der Waals surface area contributed by atoms with E-state index in [0.717, 1.165) is 5.56 Å². The molecule has 0 radical (unpaired) electrons. The lowest BCUT2D eigenvalue weighted by atomic mass is 10.2. The second-order valence-corrected chi connectivity index (χ2v) is 11.2. The fourth-order valence-electron chi connectivity index (χ4n) is 4.16. The van der Waals surface area contributed by atoms with Crippen LogP contribution >= 0.6 is 0 Å². The first kappa shape index (κ1) is 35.1. The number of halogens is 7. The van der Waals surface area contributed by atoms with Gasteiger partial charge in [-0.1, -0.05) is 18.2 Å². The van der Waals surface area contributed by atoms with Crippen molar-refractivity contribution in [2.45, 2.75) is 42.5 Å². The molecular formula is C26H23F7N4O7S. The number of hydrogen-bond acceptors (Lipinski definition) is 8. The average Bonchev–Trinajstić information content (AvgIpc) is 3.31. The third-order valence-electron chi connectivity index (χ3n) is 6.12. The summed E-state index contributed by atoms with van der Waals surface area (Å²) in [6.07, 6.45) is -7.36. The third-order valence-corrected chi connectivity index (χ3v) is 8.00. The van der Waals surface area contributed by atoms with Crippen LogP contribution in [-0.4, -0.2) is 87.3 Å². The lowest BCUT2D eigenvalue weighted by Crippen LogP contribution is -2.46. The molecule has 0 aliphatic carbocycles. The summed E-state index contributed by atoms with van der Waals surface area (Å²) >= 11 is 0. The number of alkyl halides is 6. The summed E-state index contributed by atoms with van der Waals surface area (Å²) in [5, 5.41) is 14.2. The number of aliphatic carboxylic acids is 2. The molecule has 2 aliphatic heterocycles. The zero-order chi connectivity index (χ0) is 33.6. The number of ether oxygens (including phenoxy) is 1. The van der Waals surface area contributed by atoms with Crippen molar-refractivity contribution < 1.29 is 63.7 Å². The van der Waals surface area contributed by atoms with Crippen molar-refractivity contribution in [3.63, 3.8) is 0 Å². The first-order chi connectivity index (χ1) is 20.9. The molecule has 244 valence electrons. The molecule has 3 aromatic rings. The molecule has 4 heterocycles. The number of aromatic nitrogens is 2. The highest BCUT2D eigenvalue weighted by atomic mass is 32.2. The van der Waals surface area contributed by atoms with Gasteiger partial charge in [0.15, 0.2) is 0 Å². The molecule has 1 aromatic carbocycles. The minimum Gasteiger partial charge on any atom is -0.475 e. The SMILES string of the molecule is O=C(O)C(F)(F)F.O=C(O)C(F)(F)F.O=S1(=O)c2cccnc2OC2CN(Cc3ccc(F)cc3)CC2N1Cc1ccccn1. The van der Waals surface area contributed by atoms with Crippen LogP contribution < -0.4 is 4.74 Å². The van der Waals surface area contributed by atoms with Crippen LogP contribution in [0.2, 0.25) is 0 Å². The normalized spacial score (nSPS) is 19.3. The molecule has 1 saturated heterocycles. The lowest BCUT2D eigenvalue weighted by molar-refractivity contribution is -0.193. The monoisotopic (exact) mass is 668 g/mol. The van der Waals surface area contributed by atoms with Crippen LogP contribution in [0, 0.1) is 5.82 Å². The van der Waals surface area contributed by atoms with Crippen molar-refractivity contribution >= 4 is 22.0 Å². The number of rotatable bonds is 4. The Morgan fingerprint density at radius 3 is 1.96 bits per heavy atom. The lowest BCUT2D eigenvalue weighted by Gasteiger charge is -2.27. The number of pyridine rings is 2. The highest BCUT2D eigenvalue weighted by Crippen LogP contribution is 2.36. The molecule has 2 unspecified atom stereocenters. The molecule has 2 aliphatic rings. The van der Waals surface area contributed by atoms with E-state index in [4.69, 9.17) is 24.5 Å². The second kappa shape index (κ2) is 14.2. The average molecular weight is 669 g/mol. The Kier molecular flexibility index (Phi) is 11.1. The van der Waals surface area contributed by atoms with E-state index >= 15 is 0 Å². The number of likely N-dealkylation sites (tertiary alicyclic amines) is 1. The Morgan fingerprint density at radius 1 is 0.844 bits per heavy atom. The Bertz CT molecular complexity index is 1550. The minimum absolute atomic E-state index is 0.0745. The maximum Gasteiger partial charge on any atom is 0.490 e. The van der Waals surface area contributed by atoms with Crippen molar-refractivity contribution in [1.82, 2.24) is 19.2 Å². The third kappa shape index (κ3) is 9.56. The van der Waals surface area contributed by atoms with Gasteiger partial charge in [-0.3, -0.25) is 9.88 Å². The Morgan fingerprint density at radius 2 is 1.42 bits per heavy atom. The summed E-state index contributed by atoms with van der Waals surface area (Å²) in [6, 6.07) is 14.5. The van der Waals surface area contributed by atoms with Gasteiger partial charge in [0.05, 0.1) is 18.3 Å². The number of fused-ring (bicyclic) bond motifs is 2. The van der Waals surface area contributed by atoms with E-state index in [2.05, 4.69) is 14.9 Å². The fraction of sp³-hybridized carbons (Fsp3) is 0.308. The number of hydrogen-bond donors (Lipinski definition) is 2. The van der Waals surface area contributed by atoms with Gasteiger partial charge in [-0.2, -0.15) is 30.6 Å². The van der Waals surface area contributed by atoms with Gasteiger partial charge in [-0.15, -0.1) is 0 Å². The molecule has 1 fully saturated rings. The highest BCUT2D eigenvalue weighted by Gasteiger charge is 2.47. The van der Waals surface area contributed by atoms with Crippen molar-refractivity contribution in [3.8, 4) is 5.88 Å².